The maximum absolute atomic E-state index is 5.81. The lowest BCUT2D eigenvalue weighted by Gasteiger charge is -2.26. The third-order valence-corrected chi connectivity index (χ3v) is 8.48. The average Bonchev–Trinajstić information content (AvgIpc) is 3.30. The van der Waals surface area contributed by atoms with Gasteiger partial charge in [-0.05, 0) is 106 Å². The second-order valence-electron chi connectivity index (χ2n) is 11.2. The topological polar surface area (TPSA) is 37.5 Å². The van der Waals surface area contributed by atoms with Crippen LogP contribution >= 0.6 is 0 Å². The van der Waals surface area contributed by atoms with Crippen LogP contribution in [0.3, 0.4) is 0 Å². The van der Waals surface area contributed by atoms with E-state index >= 15 is 0 Å². The molecule has 2 aromatic carbocycles. The highest BCUT2D eigenvalue weighted by molar-refractivity contribution is 5.94. The van der Waals surface area contributed by atoms with Gasteiger partial charge in [-0.1, -0.05) is 57.8 Å². The SMILES string of the molecule is COc1ccc(-c2[nH]c3ccc(OC)c(CCCCCCCCCCCCN4CCCCC4)c3c2C)cc1. The number of aromatic amines is 1. The minimum Gasteiger partial charge on any atom is -0.497 e. The molecule has 38 heavy (non-hydrogen) atoms. The highest BCUT2D eigenvalue weighted by Crippen LogP contribution is 2.37. The molecule has 4 nitrogen and oxygen atoms in total. The number of aromatic nitrogens is 1. The van der Waals surface area contributed by atoms with Crippen LogP contribution in [-0.4, -0.2) is 43.7 Å². The van der Waals surface area contributed by atoms with E-state index in [0.717, 1.165) is 17.9 Å². The first-order valence-electron chi connectivity index (χ1n) is 15.3. The molecule has 1 aliphatic rings. The van der Waals surface area contributed by atoms with Crippen LogP contribution in [0.4, 0.5) is 0 Å². The van der Waals surface area contributed by atoms with E-state index in [0.29, 0.717) is 0 Å². The molecule has 0 aliphatic carbocycles. The third kappa shape index (κ3) is 7.79. The van der Waals surface area contributed by atoms with Crippen molar-refractivity contribution in [3.63, 3.8) is 0 Å². The Morgan fingerprint density at radius 2 is 1.34 bits per heavy atom. The van der Waals surface area contributed by atoms with Gasteiger partial charge in [0.1, 0.15) is 11.5 Å². The fourth-order valence-corrected chi connectivity index (χ4v) is 6.23. The van der Waals surface area contributed by atoms with Gasteiger partial charge in [0, 0.05) is 22.2 Å². The Morgan fingerprint density at radius 1 is 0.711 bits per heavy atom. The predicted molar refractivity (Wildman–Crippen MR) is 162 cm³/mol. The molecule has 3 aromatic rings. The minimum atomic E-state index is 0.883. The van der Waals surface area contributed by atoms with Crippen LogP contribution in [0.1, 0.15) is 94.6 Å². The summed E-state index contributed by atoms with van der Waals surface area (Å²) in [5, 5.41) is 1.33. The lowest BCUT2D eigenvalue weighted by atomic mass is 9.97. The molecule has 4 heteroatoms. The number of H-pyrrole nitrogens is 1. The number of likely N-dealkylation sites (tertiary alicyclic amines) is 1. The summed E-state index contributed by atoms with van der Waals surface area (Å²) in [4.78, 5) is 6.35. The van der Waals surface area contributed by atoms with E-state index < -0.39 is 0 Å². The molecule has 1 fully saturated rings. The van der Waals surface area contributed by atoms with Crippen molar-refractivity contribution in [3.8, 4) is 22.8 Å². The summed E-state index contributed by atoms with van der Waals surface area (Å²) in [6.07, 6.45) is 19.0. The Morgan fingerprint density at radius 3 is 1.97 bits per heavy atom. The molecule has 208 valence electrons. The number of fused-ring (bicyclic) bond motifs is 1. The van der Waals surface area contributed by atoms with Gasteiger partial charge in [-0.25, -0.2) is 0 Å². The number of aryl methyl sites for hydroxylation is 2. The first-order valence-corrected chi connectivity index (χ1v) is 15.3. The van der Waals surface area contributed by atoms with Gasteiger partial charge in [0.15, 0.2) is 0 Å². The van der Waals surface area contributed by atoms with Gasteiger partial charge in [0.25, 0.3) is 0 Å². The smallest absolute Gasteiger partial charge is 0.122 e. The van der Waals surface area contributed by atoms with Crippen molar-refractivity contribution in [3.05, 3.63) is 47.5 Å². The van der Waals surface area contributed by atoms with Crippen molar-refractivity contribution in [1.29, 1.82) is 0 Å². The molecule has 1 saturated heterocycles. The summed E-state index contributed by atoms with van der Waals surface area (Å²) in [6.45, 7) is 6.26. The predicted octanol–water partition coefficient (Wildman–Crippen LogP) is 9.09. The number of hydrogen-bond acceptors (Lipinski definition) is 3. The standard InChI is InChI=1S/C34H50N2O2/c1-27-33-30(17-13-10-8-6-4-5-7-9-11-14-24-36-25-15-12-16-26-36)32(38-3)23-22-31(33)35-34(27)28-18-20-29(37-2)21-19-28/h18-23,35H,4-17,24-26H2,1-3H3. The lowest BCUT2D eigenvalue weighted by Crippen LogP contribution is -2.30. The zero-order chi connectivity index (χ0) is 26.6. The number of rotatable bonds is 16. The average molecular weight is 519 g/mol. The Bertz CT molecular complexity index is 1100. The Balaban J connectivity index is 1.18. The molecule has 0 amide bonds. The van der Waals surface area contributed by atoms with E-state index in [1.807, 2.05) is 12.1 Å². The van der Waals surface area contributed by atoms with E-state index in [-0.39, 0.29) is 0 Å². The largest absolute Gasteiger partial charge is 0.497 e. The van der Waals surface area contributed by atoms with Gasteiger partial charge < -0.3 is 19.4 Å². The van der Waals surface area contributed by atoms with Gasteiger partial charge in [-0.15, -0.1) is 0 Å². The van der Waals surface area contributed by atoms with Crippen molar-refractivity contribution in [2.45, 2.75) is 96.8 Å². The van der Waals surface area contributed by atoms with Crippen molar-refractivity contribution in [1.82, 2.24) is 9.88 Å². The molecular formula is C34H50N2O2. The second-order valence-corrected chi connectivity index (χ2v) is 11.2. The quantitative estimate of drug-likeness (QED) is 0.192. The van der Waals surface area contributed by atoms with E-state index in [2.05, 4.69) is 41.1 Å². The zero-order valence-corrected chi connectivity index (χ0v) is 24.2. The van der Waals surface area contributed by atoms with E-state index in [1.54, 1.807) is 14.2 Å². The molecular weight excluding hydrogens is 468 g/mol. The highest BCUT2D eigenvalue weighted by Gasteiger charge is 2.16. The molecule has 0 saturated carbocycles. The van der Waals surface area contributed by atoms with Crippen LogP contribution in [0.5, 0.6) is 11.5 Å². The van der Waals surface area contributed by atoms with E-state index in [4.69, 9.17) is 9.47 Å². The van der Waals surface area contributed by atoms with Crippen LogP contribution in [0.15, 0.2) is 36.4 Å². The normalized spacial score (nSPS) is 14.3. The molecule has 1 N–H and O–H groups in total. The first-order chi connectivity index (χ1) is 18.7. The minimum absolute atomic E-state index is 0.883. The third-order valence-electron chi connectivity index (χ3n) is 8.48. The Hall–Kier alpha value is -2.46. The van der Waals surface area contributed by atoms with Crippen molar-refractivity contribution < 1.29 is 9.47 Å². The first kappa shape index (κ1) is 28.5. The number of piperidine rings is 1. The number of hydrogen-bond donors (Lipinski definition) is 1. The Kier molecular flexibility index (Phi) is 11.4. The fraction of sp³-hybridized carbons (Fsp3) is 0.588. The molecule has 1 aromatic heterocycles. The number of nitrogens with zero attached hydrogens (tertiary/aromatic N) is 1. The second kappa shape index (κ2) is 15.2. The summed E-state index contributed by atoms with van der Waals surface area (Å²) in [5.74, 6) is 1.90. The number of methoxy groups -OCH3 is 2. The number of nitrogens with one attached hydrogen (secondary N) is 1. The molecule has 2 heterocycles. The molecule has 0 unspecified atom stereocenters. The van der Waals surface area contributed by atoms with Crippen LogP contribution in [0.25, 0.3) is 22.2 Å². The van der Waals surface area contributed by atoms with Gasteiger partial charge in [-0.2, -0.15) is 0 Å². The maximum atomic E-state index is 5.81. The van der Waals surface area contributed by atoms with Crippen LogP contribution in [0.2, 0.25) is 0 Å². The van der Waals surface area contributed by atoms with E-state index in [1.165, 1.54) is 136 Å². The molecule has 1 aliphatic heterocycles. The summed E-state index contributed by atoms with van der Waals surface area (Å²) < 4.78 is 11.1. The molecule has 0 bridgehead atoms. The summed E-state index contributed by atoms with van der Waals surface area (Å²) >= 11 is 0. The van der Waals surface area contributed by atoms with Gasteiger partial charge in [0.2, 0.25) is 0 Å². The van der Waals surface area contributed by atoms with Crippen molar-refractivity contribution in [2.24, 2.45) is 0 Å². The van der Waals surface area contributed by atoms with Crippen molar-refractivity contribution >= 4 is 10.9 Å². The van der Waals surface area contributed by atoms with Gasteiger partial charge in [-0.3, -0.25) is 0 Å². The maximum Gasteiger partial charge on any atom is 0.122 e. The molecule has 4 rings (SSSR count). The number of unbranched alkanes of at least 4 members (excludes halogenated alkanes) is 9. The zero-order valence-electron chi connectivity index (χ0n) is 24.2. The van der Waals surface area contributed by atoms with Gasteiger partial charge in [0.05, 0.1) is 14.2 Å². The van der Waals surface area contributed by atoms with E-state index in [9.17, 15) is 0 Å². The van der Waals surface area contributed by atoms with Crippen LogP contribution < -0.4 is 9.47 Å². The van der Waals surface area contributed by atoms with Crippen LogP contribution in [0, 0.1) is 6.92 Å². The van der Waals surface area contributed by atoms with Crippen LogP contribution in [-0.2, 0) is 6.42 Å². The summed E-state index contributed by atoms with van der Waals surface area (Å²) in [6, 6.07) is 12.6. The molecule has 0 atom stereocenters. The molecule has 0 radical (unpaired) electrons. The summed E-state index contributed by atoms with van der Waals surface area (Å²) in [7, 11) is 3.51. The fourth-order valence-electron chi connectivity index (χ4n) is 6.23. The van der Waals surface area contributed by atoms with Crippen molar-refractivity contribution in [2.75, 3.05) is 33.9 Å². The Labute approximate surface area is 231 Å². The lowest BCUT2D eigenvalue weighted by molar-refractivity contribution is 0.224. The summed E-state index contributed by atoms with van der Waals surface area (Å²) in [5.41, 5.74) is 6.22. The number of ether oxygens (including phenoxy) is 2. The number of benzene rings is 2. The monoisotopic (exact) mass is 518 g/mol. The molecule has 0 spiro atoms. The highest BCUT2D eigenvalue weighted by atomic mass is 16.5. The van der Waals surface area contributed by atoms with Gasteiger partial charge >= 0.3 is 0 Å².